The third kappa shape index (κ3) is 3.26. The summed E-state index contributed by atoms with van der Waals surface area (Å²) in [7, 11) is 0. The fourth-order valence-corrected chi connectivity index (χ4v) is 4.05. The van der Waals surface area contributed by atoms with E-state index in [4.69, 9.17) is 9.72 Å². The number of aromatic carboxylic acids is 1. The first kappa shape index (κ1) is 18.2. The van der Waals surface area contributed by atoms with Gasteiger partial charge in [-0.1, -0.05) is 43.3 Å². The number of ether oxygens (including phenoxy) is 1. The highest BCUT2D eigenvalue weighted by molar-refractivity contribution is 6.06. The predicted octanol–water partition coefficient (Wildman–Crippen LogP) is 5.45. The third-order valence-corrected chi connectivity index (χ3v) is 5.18. The lowest BCUT2D eigenvalue weighted by Gasteiger charge is -2.26. The van der Waals surface area contributed by atoms with Crippen LogP contribution in [0.15, 0.2) is 48.5 Å². The summed E-state index contributed by atoms with van der Waals surface area (Å²) in [6.45, 7) is 4.72. The molecule has 0 radical (unpaired) electrons. The number of para-hydroxylation sites is 2. The van der Waals surface area contributed by atoms with E-state index in [2.05, 4.69) is 13.0 Å². The lowest BCUT2D eigenvalue weighted by atomic mass is 9.80. The van der Waals surface area contributed by atoms with Crippen molar-refractivity contribution >= 4 is 28.5 Å². The Hall–Kier alpha value is -3.14. The number of fused-ring (bicyclic) bond motifs is 2. The summed E-state index contributed by atoms with van der Waals surface area (Å²) < 4.78 is 5.77. The van der Waals surface area contributed by atoms with Crippen molar-refractivity contribution in [2.45, 2.75) is 26.7 Å². The number of pyridine rings is 1. The molecule has 3 aromatic rings. The number of nitrogens with zero attached hydrogens (tertiary/aromatic N) is 1. The monoisotopic (exact) mass is 373 g/mol. The van der Waals surface area contributed by atoms with Gasteiger partial charge < -0.3 is 9.84 Å². The van der Waals surface area contributed by atoms with Crippen LogP contribution in [0, 0.1) is 5.92 Å². The van der Waals surface area contributed by atoms with Gasteiger partial charge in [-0.2, -0.15) is 0 Å². The SMILES string of the molecule is CCOc1ccccc1C=C1CC(C)Cc2c1nc1ccccc1c2C(=O)O. The van der Waals surface area contributed by atoms with Crippen LogP contribution >= 0.6 is 0 Å². The molecule has 1 heterocycles. The number of rotatable bonds is 4. The first-order valence-corrected chi connectivity index (χ1v) is 9.66. The van der Waals surface area contributed by atoms with E-state index in [1.165, 1.54) is 0 Å². The van der Waals surface area contributed by atoms with Crippen molar-refractivity contribution in [3.05, 3.63) is 70.9 Å². The van der Waals surface area contributed by atoms with E-state index in [0.29, 0.717) is 23.5 Å². The maximum absolute atomic E-state index is 12.1. The lowest BCUT2D eigenvalue weighted by Crippen LogP contribution is -2.17. The standard InChI is InChI=1S/C24H23NO3/c1-3-28-21-11-7-4-8-16(21)14-17-12-15(2)13-19-22(24(26)27)18-9-5-6-10-20(18)25-23(17)19/h4-11,14-15H,3,12-13H2,1-2H3,(H,26,27). The smallest absolute Gasteiger partial charge is 0.336 e. The van der Waals surface area contributed by atoms with E-state index in [0.717, 1.165) is 46.5 Å². The molecule has 0 saturated heterocycles. The van der Waals surface area contributed by atoms with E-state index in [9.17, 15) is 9.90 Å². The number of carboxylic acid groups (broad SMARTS) is 1. The highest BCUT2D eigenvalue weighted by atomic mass is 16.5. The largest absolute Gasteiger partial charge is 0.493 e. The zero-order chi connectivity index (χ0) is 19.7. The minimum atomic E-state index is -0.891. The second-order valence-electron chi connectivity index (χ2n) is 7.29. The molecule has 1 aliphatic rings. The summed E-state index contributed by atoms with van der Waals surface area (Å²) in [4.78, 5) is 17.0. The molecular formula is C24H23NO3. The van der Waals surface area contributed by atoms with Gasteiger partial charge in [-0.05, 0) is 55.0 Å². The van der Waals surface area contributed by atoms with Crippen LogP contribution in [0.25, 0.3) is 22.6 Å². The molecule has 142 valence electrons. The Kier molecular flexibility index (Phi) is 4.86. The first-order chi connectivity index (χ1) is 13.6. The number of carbonyl (C=O) groups is 1. The van der Waals surface area contributed by atoms with Crippen LogP contribution in [0.3, 0.4) is 0 Å². The van der Waals surface area contributed by atoms with Crippen molar-refractivity contribution in [3.63, 3.8) is 0 Å². The Morgan fingerprint density at radius 1 is 1.18 bits per heavy atom. The van der Waals surface area contributed by atoms with Crippen molar-refractivity contribution < 1.29 is 14.6 Å². The van der Waals surface area contributed by atoms with Crippen LogP contribution in [0.4, 0.5) is 0 Å². The first-order valence-electron chi connectivity index (χ1n) is 9.66. The fraction of sp³-hybridized carbons (Fsp3) is 0.250. The Morgan fingerprint density at radius 3 is 2.71 bits per heavy atom. The van der Waals surface area contributed by atoms with Gasteiger partial charge in [0, 0.05) is 10.9 Å². The molecule has 1 atom stereocenters. The van der Waals surface area contributed by atoms with Gasteiger partial charge in [0.2, 0.25) is 0 Å². The third-order valence-electron chi connectivity index (χ3n) is 5.18. The zero-order valence-electron chi connectivity index (χ0n) is 16.1. The Labute approximate surface area is 164 Å². The maximum atomic E-state index is 12.1. The number of aromatic nitrogens is 1. The van der Waals surface area contributed by atoms with Gasteiger partial charge in [0.25, 0.3) is 0 Å². The molecule has 4 nitrogen and oxygen atoms in total. The molecule has 0 spiro atoms. The molecule has 1 aliphatic carbocycles. The van der Waals surface area contributed by atoms with E-state index >= 15 is 0 Å². The molecule has 0 amide bonds. The Morgan fingerprint density at radius 2 is 1.93 bits per heavy atom. The molecule has 2 aromatic carbocycles. The summed E-state index contributed by atoms with van der Waals surface area (Å²) in [6, 6.07) is 15.4. The number of allylic oxidation sites excluding steroid dienone is 1. The molecule has 0 bridgehead atoms. The highest BCUT2D eigenvalue weighted by Gasteiger charge is 2.28. The van der Waals surface area contributed by atoms with Crippen molar-refractivity contribution in [3.8, 4) is 5.75 Å². The van der Waals surface area contributed by atoms with Gasteiger partial charge in [0.15, 0.2) is 0 Å². The Balaban J connectivity index is 1.96. The summed E-state index contributed by atoms with van der Waals surface area (Å²) >= 11 is 0. The van der Waals surface area contributed by atoms with Crippen molar-refractivity contribution in [1.82, 2.24) is 4.98 Å². The van der Waals surface area contributed by atoms with Crippen LogP contribution in [0.5, 0.6) is 5.75 Å². The molecule has 1 N–H and O–H groups in total. The van der Waals surface area contributed by atoms with Crippen molar-refractivity contribution in [1.29, 1.82) is 0 Å². The van der Waals surface area contributed by atoms with Crippen LogP contribution < -0.4 is 4.74 Å². The maximum Gasteiger partial charge on any atom is 0.336 e. The van der Waals surface area contributed by atoms with Gasteiger partial charge in [-0.25, -0.2) is 9.78 Å². The van der Waals surface area contributed by atoms with Crippen LogP contribution in [0.2, 0.25) is 0 Å². The van der Waals surface area contributed by atoms with Crippen LogP contribution in [-0.4, -0.2) is 22.7 Å². The van der Waals surface area contributed by atoms with Crippen LogP contribution in [0.1, 0.15) is 47.4 Å². The summed E-state index contributed by atoms with van der Waals surface area (Å²) in [5.74, 6) is 0.286. The molecule has 1 aromatic heterocycles. The van der Waals surface area contributed by atoms with Gasteiger partial charge in [0.05, 0.1) is 23.4 Å². The summed E-state index contributed by atoms with van der Waals surface area (Å²) in [5, 5.41) is 10.7. The van der Waals surface area contributed by atoms with Crippen LogP contribution in [-0.2, 0) is 6.42 Å². The molecule has 1 unspecified atom stereocenters. The van der Waals surface area contributed by atoms with Gasteiger partial charge in [-0.3, -0.25) is 0 Å². The quantitative estimate of drug-likeness (QED) is 0.660. The van der Waals surface area contributed by atoms with E-state index in [1.807, 2.05) is 55.5 Å². The number of hydrogen-bond donors (Lipinski definition) is 1. The molecule has 0 fully saturated rings. The van der Waals surface area contributed by atoms with Gasteiger partial charge in [-0.15, -0.1) is 0 Å². The fourth-order valence-electron chi connectivity index (χ4n) is 4.05. The normalized spacial score (nSPS) is 17.5. The average molecular weight is 373 g/mol. The molecule has 0 aliphatic heterocycles. The minimum absolute atomic E-state index is 0.346. The van der Waals surface area contributed by atoms with Gasteiger partial charge in [0.1, 0.15) is 5.75 Å². The molecule has 0 saturated carbocycles. The van der Waals surface area contributed by atoms with Crippen molar-refractivity contribution in [2.24, 2.45) is 5.92 Å². The average Bonchev–Trinajstić information content (AvgIpc) is 2.68. The molecule has 28 heavy (non-hydrogen) atoms. The second kappa shape index (κ2) is 7.47. The highest BCUT2D eigenvalue weighted by Crippen LogP contribution is 2.39. The molecule has 4 heteroatoms. The van der Waals surface area contributed by atoms with E-state index in [1.54, 1.807) is 0 Å². The zero-order valence-corrected chi connectivity index (χ0v) is 16.1. The second-order valence-corrected chi connectivity index (χ2v) is 7.29. The van der Waals surface area contributed by atoms with E-state index < -0.39 is 5.97 Å². The minimum Gasteiger partial charge on any atom is -0.493 e. The number of carboxylic acids is 1. The molecule has 4 rings (SSSR count). The lowest BCUT2D eigenvalue weighted by molar-refractivity contribution is 0.0697. The Bertz CT molecular complexity index is 1080. The number of hydrogen-bond acceptors (Lipinski definition) is 3. The summed E-state index contributed by atoms with van der Waals surface area (Å²) in [5.41, 5.74) is 4.80. The number of benzene rings is 2. The van der Waals surface area contributed by atoms with Crippen molar-refractivity contribution in [2.75, 3.05) is 6.61 Å². The molecular weight excluding hydrogens is 350 g/mol. The predicted molar refractivity (Wildman–Crippen MR) is 112 cm³/mol. The summed E-state index contributed by atoms with van der Waals surface area (Å²) in [6.07, 6.45) is 3.68. The van der Waals surface area contributed by atoms with E-state index in [-0.39, 0.29) is 0 Å². The topological polar surface area (TPSA) is 59.4 Å². The van der Waals surface area contributed by atoms with Gasteiger partial charge >= 0.3 is 5.97 Å².